The average molecular weight is 258 g/mol. The summed E-state index contributed by atoms with van der Waals surface area (Å²) in [6, 6.07) is 10.0. The van der Waals surface area contributed by atoms with Crippen LogP contribution < -0.4 is 5.32 Å². The van der Waals surface area contributed by atoms with Crippen LogP contribution in [0.5, 0.6) is 0 Å². The minimum Gasteiger partial charge on any atom is -0.314 e. The zero-order valence-electron chi connectivity index (χ0n) is 12.1. The smallest absolute Gasteiger partial charge is 0.0107 e. The van der Waals surface area contributed by atoms with E-state index < -0.39 is 0 Å². The zero-order chi connectivity index (χ0) is 13.1. The maximum Gasteiger partial charge on any atom is 0.0107 e. The maximum atomic E-state index is 3.66. The van der Waals surface area contributed by atoms with Crippen molar-refractivity contribution in [1.82, 2.24) is 10.2 Å². The lowest BCUT2D eigenvalue weighted by molar-refractivity contribution is 0.399. The Morgan fingerprint density at radius 2 is 2.21 bits per heavy atom. The molecule has 104 valence electrons. The Bertz CT molecular complexity index is 409. The van der Waals surface area contributed by atoms with Crippen LogP contribution in [0.4, 0.5) is 0 Å². The highest BCUT2D eigenvalue weighted by atomic mass is 15.1. The van der Waals surface area contributed by atoms with Crippen LogP contribution in [-0.2, 0) is 6.42 Å². The van der Waals surface area contributed by atoms with Gasteiger partial charge in [0.05, 0.1) is 0 Å². The van der Waals surface area contributed by atoms with Crippen LogP contribution >= 0.6 is 0 Å². The zero-order valence-corrected chi connectivity index (χ0v) is 12.1. The monoisotopic (exact) mass is 258 g/mol. The van der Waals surface area contributed by atoms with Crippen LogP contribution in [0.3, 0.4) is 0 Å². The predicted octanol–water partition coefficient (Wildman–Crippen LogP) is 2.79. The number of nitrogens with one attached hydrogen (secondary N) is 1. The number of likely N-dealkylation sites (N-methyl/N-ethyl adjacent to an activating group) is 1. The van der Waals surface area contributed by atoms with E-state index in [0.29, 0.717) is 6.04 Å². The van der Waals surface area contributed by atoms with Crippen LogP contribution in [-0.4, -0.2) is 37.6 Å². The van der Waals surface area contributed by atoms with Crippen LogP contribution in [0.25, 0.3) is 0 Å². The van der Waals surface area contributed by atoms with Gasteiger partial charge in [-0.05, 0) is 62.9 Å². The molecule has 2 saturated heterocycles. The maximum absolute atomic E-state index is 3.66. The summed E-state index contributed by atoms with van der Waals surface area (Å²) in [4.78, 5) is 2.44. The van der Waals surface area contributed by atoms with Crippen molar-refractivity contribution in [2.45, 2.75) is 44.1 Å². The van der Waals surface area contributed by atoms with Crippen molar-refractivity contribution >= 4 is 0 Å². The second-order valence-corrected chi connectivity index (χ2v) is 6.34. The number of nitrogens with zero attached hydrogens (tertiary/aromatic N) is 1. The molecule has 0 bridgehead atoms. The van der Waals surface area contributed by atoms with Gasteiger partial charge in [0, 0.05) is 12.6 Å². The molecule has 2 heterocycles. The van der Waals surface area contributed by atoms with Gasteiger partial charge in [-0.1, -0.05) is 30.7 Å². The molecule has 2 unspecified atom stereocenters. The van der Waals surface area contributed by atoms with Crippen LogP contribution in [0.2, 0.25) is 0 Å². The standard InChI is InChI=1S/C17H26N2/c1-19-10-8-16(13-19)15-6-4-5-14(11-15)12-17-7-2-3-9-18-17/h4-6,11,16-18H,2-3,7-10,12-13H2,1H3. The third kappa shape index (κ3) is 3.37. The van der Waals surface area contributed by atoms with Gasteiger partial charge in [0.2, 0.25) is 0 Å². The molecule has 0 amide bonds. The van der Waals surface area contributed by atoms with E-state index in [2.05, 4.69) is 41.5 Å². The lowest BCUT2D eigenvalue weighted by atomic mass is 9.93. The van der Waals surface area contributed by atoms with Crippen LogP contribution in [0, 0.1) is 0 Å². The number of benzene rings is 1. The van der Waals surface area contributed by atoms with Crippen LogP contribution in [0.15, 0.2) is 24.3 Å². The summed E-state index contributed by atoms with van der Waals surface area (Å²) in [5.74, 6) is 0.754. The summed E-state index contributed by atoms with van der Waals surface area (Å²) in [7, 11) is 2.23. The highest BCUT2D eigenvalue weighted by Crippen LogP contribution is 2.27. The Morgan fingerprint density at radius 3 is 2.95 bits per heavy atom. The number of hydrogen-bond donors (Lipinski definition) is 1. The van der Waals surface area contributed by atoms with E-state index >= 15 is 0 Å². The first kappa shape index (κ1) is 13.1. The lowest BCUT2D eigenvalue weighted by Crippen LogP contribution is -2.35. The van der Waals surface area contributed by atoms with E-state index in [1.807, 2.05) is 0 Å². The molecule has 0 radical (unpaired) electrons. The molecule has 0 aliphatic carbocycles. The summed E-state index contributed by atoms with van der Waals surface area (Å²) in [5, 5.41) is 3.66. The average Bonchev–Trinajstić information content (AvgIpc) is 2.87. The molecular weight excluding hydrogens is 232 g/mol. The lowest BCUT2D eigenvalue weighted by Gasteiger charge is -2.24. The first-order valence-electron chi connectivity index (χ1n) is 7.82. The number of rotatable bonds is 3. The van der Waals surface area contributed by atoms with E-state index in [-0.39, 0.29) is 0 Å². The number of likely N-dealkylation sites (tertiary alicyclic amines) is 1. The minimum atomic E-state index is 0.704. The van der Waals surface area contributed by atoms with Gasteiger partial charge >= 0.3 is 0 Å². The van der Waals surface area contributed by atoms with Gasteiger partial charge in [0.1, 0.15) is 0 Å². The Kier molecular flexibility index (Phi) is 4.19. The van der Waals surface area contributed by atoms with Crippen molar-refractivity contribution in [3.63, 3.8) is 0 Å². The van der Waals surface area contributed by atoms with E-state index in [9.17, 15) is 0 Å². The minimum absolute atomic E-state index is 0.704. The van der Waals surface area contributed by atoms with Gasteiger partial charge < -0.3 is 10.2 Å². The van der Waals surface area contributed by atoms with Gasteiger partial charge in [0.15, 0.2) is 0 Å². The molecule has 0 spiro atoms. The summed E-state index contributed by atoms with van der Waals surface area (Å²) < 4.78 is 0. The molecule has 2 nitrogen and oxygen atoms in total. The Labute approximate surface area is 117 Å². The van der Waals surface area contributed by atoms with Crippen molar-refractivity contribution in [3.8, 4) is 0 Å². The normalized spacial score (nSPS) is 28.7. The molecule has 2 heteroatoms. The largest absolute Gasteiger partial charge is 0.314 e. The molecule has 2 aliphatic heterocycles. The fourth-order valence-electron chi connectivity index (χ4n) is 3.56. The van der Waals surface area contributed by atoms with Gasteiger partial charge in [-0.2, -0.15) is 0 Å². The Balaban J connectivity index is 1.65. The van der Waals surface area contributed by atoms with Gasteiger partial charge in [-0.25, -0.2) is 0 Å². The number of hydrogen-bond acceptors (Lipinski definition) is 2. The molecule has 1 aromatic carbocycles. The van der Waals surface area contributed by atoms with Crippen molar-refractivity contribution < 1.29 is 0 Å². The summed E-state index contributed by atoms with van der Waals surface area (Å²) in [5.41, 5.74) is 3.07. The molecular formula is C17H26N2. The van der Waals surface area contributed by atoms with Crippen molar-refractivity contribution in [1.29, 1.82) is 0 Å². The fraction of sp³-hybridized carbons (Fsp3) is 0.647. The SMILES string of the molecule is CN1CCC(c2cccc(CC3CCCCN3)c2)C1. The van der Waals surface area contributed by atoms with Crippen LogP contribution in [0.1, 0.15) is 42.7 Å². The molecule has 19 heavy (non-hydrogen) atoms. The van der Waals surface area contributed by atoms with Gasteiger partial charge in [-0.3, -0.25) is 0 Å². The highest BCUT2D eigenvalue weighted by Gasteiger charge is 2.21. The topological polar surface area (TPSA) is 15.3 Å². The molecule has 0 aromatic heterocycles. The summed E-state index contributed by atoms with van der Waals surface area (Å²) in [6.07, 6.45) is 6.62. The Hall–Kier alpha value is -0.860. The quantitative estimate of drug-likeness (QED) is 0.897. The van der Waals surface area contributed by atoms with Crippen molar-refractivity contribution in [3.05, 3.63) is 35.4 Å². The first-order chi connectivity index (χ1) is 9.31. The van der Waals surface area contributed by atoms with Crippen molar-refractivity contribution in [2.75, 3.05) is 26.7 Å². The molecule has 1 N–H and O–H groups in total. The Morgan fingerprint density at radius 1 is 1.26 bits per heavy atom. The molecule has 2 atom stereocenters. The molecule has 2 fully saturated rings. The van der Waals surface area contributed by atoms with Crippen molar-refractivity contribution in [2.24, 2.45) is 0 Å². The third-order valence-corrected chi connectivity index (χ3v) is 4.71. The van der Waals surface area contributed by atoms with E-state index in [1.54, 1.807) is 5.56 Å². The molecule has 0 saturated carbocycles. The second kappa shape index (κ2) is 6.06. The summed E-state index contributed by atoms with van der Waals surface area (Å²) in [6.45, 7) is 3.68. The number of piperidine rings is 1. The van der Waals surface area contributed by atoms with Gasteiger partial charge in [0.25, 0.3) is 0 Å². The van der Waals surface area contributed by atoms with E-state index in [4.69, 9.17) is 0 Å². The molecule has 1 aromatic rings. The van der Waals surface area contributed by atoms with Gasteiger partial charge in [-0.15, -0.1) is 0 Å². The third-order valence-electron chi connectivity index (χ3n) is 4.71. The second-order valence-electron chi connectivity index (χ2n) is 6.34. The van der Waals surface area contributed by atoms with E-state index in [0.717, 1.165) is 5.92 Å². The molecule has 3 rings (SSSR count). The molecule has 2 aliphatic rings. The highest BCUT2D eigenvalue weighted by molar-refractivity contribution is 5.28. The summed E-state index contributed by atoms with van der Waals surface area (Å²) >= 11 is 0. The fourth-order valence-corrected chi connectivity index (χ4v) is 3.56. The first-order valence-corrected chi connectivity index (χ1v) is 7.82. The predicted molar refractivity (Wildman–Crippen MR) is 80.6 cm³/mol. The van der Waals surface area contributed by atoms with E-state index in [1.165, 1.54) is 57.3 Å².